The first-order chi connectivity index (χ1) is 45.3. The molecule has 0 bridgehead atoms. The molecule has 14 heteroatoms. The number of aliphatic hydroxyl groups is 2. The van der Waals surface area contributed by atoms with Crippen LogP contribution in [0.3, 0.4) is 0 Å². The van der Waals surface area contributed by atoms with Crippen LogP contribution in [0.15, 0.2) is 158 Å². The second-order valence-corrected chi connectivity index (χ2v) is 34.5. The molecule has 0 aromatic heterocycles. The zero-order chi connectivity index (χ0) is 72.5. The number of rotatable bonds is 12. The molecule has 0 saturated carbocycles. The summed E-state index contributed by atoms with van der Waals surface area (Å²) in [7, 11) is 0. The van der Waals surface area contributed by atoms with E-state index in [2.05, 4.69) is 97.7 Å². The van der Waals surface area contributed by atoms with Crippen LogP contribution >= 0.6 is 31.9 Å². The lowest BCUT2D eigenvalue weighted by atomic mass is 9.74. The van der Waals surface area contributed by atoms with Crippen LogP contribution in [0.25, 0.3) is 0 Å². The van der Waals surface area contributed by atoms with E-state index in [1.165, 1.54) is 38.8 Å². The molecule has 8 aromatic rings. The van der Waals surface area contributed by atoms with Gasteiger partial charge in [-0.3, -0.25) is 28.8 Å². The van der Waals surface area contributed by atoms with Crippen LogP contribution in [0, 0.1) is 11.8 Å². The fraction of sp³-hybridized carbons (Fsp3) is 0.357. The van der Waals surface area contributed by atoms with Crippen molar-refractivity contribution in [2.75, 3.05) is 0 Å². The van der Waals surface area contributed by atoms with Gasteiger partial charge in [0.2, 0.25) is 0 Å². The molecule has 98 heavy (non-hydrogen) atoms. The zero-order valence-corrected chi connectivity index (χ0v) is 63.1. The Morgan fingerprint density at radius 3 is 0.724 bits per heavy atom. The molecule has 0 spiro atoms. The topological polar surface area (TPSA) is 180 Å². The van der Waals surface area contributed by atoms with Gasteiger partial charge in [-0.1, -0.05) is 151 Å². The van der Waals surface area contributed by atoms with Gasteiger partial charge in [0.05, 0.1) is 8.65 Å². The quantitative estimate of drug-likeness (QED) is 0.0874. The van der Waals surface area contributed by atoms with Gasteiger partial charge < -0.3 is 29.2 Å². The highest BCUT2D eigenvalue weighted by molar-refractivity contribution is 9.10. The summed E-state index contributed by atoms with van der Waals surface area (Å²) in [5, 5.41) is 20.1. The molecule has 4 aliphatic heterocycles. The third kappa shape index (κ3) is 14.8. The predicted octanol–water partition coefficient (Wildman–Crippen LogP) is 20.8. The molecule has 4 aliphatic rings. The molecule has 4 heterocycles. The average molecular weight is 1450 g/mol. The fourth-order valence-electron chi connectivity index (χ4n) is 12.8. The average Bonchev–Trinajstić information content (AvgIpc) is 0.761. The molecule has 0 atom stereocenters. The number of hydrogen-bond donors (Lipinski definition) is 2. The van der Waals surface area contributed by atoms with Crippen LogP contribution in [0.1, 0.15) is 245 Å². The number of benzene rings is 8. The maximum Gasteiger partial charge on any atom is 0.193 e. The molecule has 0 saturated heterocycles. The monoisotopic (exact) mass is 1450 g/mol. The van der Waals surface area contributed by atoms with Gasteiger partial charge in [0.25, 0.3) is 0 Å². The molecule has 0 unspecified atom stereocenters. The zero-order valence-electron chi connectivity index (χ0n) is 59.9. The van der Waals surface area contributed by atoms with E-state index in [1.807, 2.05) is 154 Å². The van der Waals surface area contributed by atoms with Gasteiger partial charge in [-0.05, 0) is 177 Å². The minimum atomic E-state index is -1.47. The van der Waals surface area contributed by atoms with Gasteiger partial charge in [0, 0.05) is 111 Å². The van der Waals surface area contributed by atoms with Crippen molar-refractivity contribution >= 4 is 66.6 Å². The molecular weight excluding hydrogens is 1360 g/mol. The van der Waals surface area contributed by atoms with E-state index in [1.54, 1.807) is 48.5 Å². The third-order valence-electron chi connectivity index (χ3n) is 18.8. The van der Waals surface area contributed by atoms with Gasteiger partial charge in [0.1, 0.15) is 57.2 Å². The van der Waals surface area contributed by atoms with E-state index >= 15 is 0 Å². The smallest absolute Gasteiger partial charge is 0.193 e. The molecular formula is C84H90Br2O12. The van der Waals surface area contributed by atoms with Gasteiger partial charge in [0.15, 0.2) is 34.7 Å². The van der Waals surface area contributed by atoms with Crippen molar-refractivity contribution in [1.29, 1.82) is 0 Å². The largest absolute Gasteiger partial charge is 0.457 e. The number of alkyl halides is 2. The lowest BCUT2D eigenvalue weighted by Crippen LogP contribution is -2.33. The van der Waals surface area contributed by atoms with E-state index in [0.717, 1.165) is 67.9 Å². The number of carbonyl (C=O) groups is 6. The molecule has 8 aromatic carbocycles. The third-order valence-corrected chi connectivity index (χ3v) is 19.5. The number of para-hydroxylation sites is 2. The summed E-state index contributed by atoms with van der Waals surface area (Å²) in [5.41, 5.74) is 7.15. The summed E-state index contributed by atoms with van der Waals surface area (Å²) in [4.78, 5) is 75.3. The first-order valence-corrected chi connectivity index (χ1v) is 34.7. The van der Waals surface area contributed by atoms with E-state index in [0.29, 0.717) is 44.9 Å². The lowest BCUT2D eigenvalue weighted by Gasteiger charge is -2.35. The van der Waals surface area contributed by atoms with Gasteiger partial charge in [-0.25, -0.2) is 0 Å². The molecule has 2 N–H and O–H groups in total. The molecule has 0 aliphatic carbocycles. The van der Waals surface area contributed by atoms with E-state index in [9.17, 15) is 39.0 Å². The van der Waals surface area contributed by atoms with Gasteiger partial charge in [-0.15, -0.1) is 0 Å². The maximum atomic E-state index is 12.7. The Bertz CT molecular complexity index is 4080. The second-order valence-electron chi connectivity index (χ2n) is 30.6. The summed E-state index contributed by atoms with van der Waals surface area (Å²) in [6, 6.07) is 49.2. The minimum absolute atomic E-state index is 0.0156. The Kier molecular flexibility index (Phi) is 20.3. The molecule has 12 rings (SSSR count). The van der Waals surface area contributed by atoms with Crippen molar-refractivity contribution in [1.82, 2.24) is 0 Å². The molecule has 0 radical (unpaired) electrons. The molecule has 0 amide bonds. The van der Waals surface area contributed by atoms with Crippen LogP contribution in [0.2, 0.25) is 0 Å². The number of hydrogen-bond acceptors (Lipinski definition) is 12. The second kappa shape index (κ2) is 26.8. The van der Waals surface area contributed by atoms with Crippen molar-refractivity contribution in [3.05, 3.63) is 236 Å². The Labute approximate surface area is 594 Å². The molecule has 512 valence electrons. The number of carbonyl (C=O) groups excluding carboxylic acids is 6. The Hall–Kier alpha value is -8.14. The van der Waals surface area contributed by atoms with E-state index in [4.69, 9.17) is 18.9 Å². The van der Waals surface area contributed by atoms with Crippen molar-refractivity contribution < 1.29 is 57.9 Å². The predicted molar refractivity (Wildman–Crippen MR) is 395 cm³/mol. The number of halogens is 2. The van der Waals surface area contributed by atoms with E-state index in [-0.39, 0.29) is 57.4 Å². The summed E-state index contributed by atoms with van der Waals surface area (Å²) in [5.74, 6) is 5.66. The fourth-order valence-corrected chi connectivity index (χ4v) is 13.2. The highest BCUT2D eigenvalue weighted by Crippen LogP contribution is 2.53. The summed E-state index contributed by atoms with van der Waals surface area (Å²) < 4.78 is 22.8. The number of Topliss-reactive ketones (excluding diaryl/α,β-unsaturated/α-hetero) is 6. The standard InChI is InChI=1S/C23H24Br2O3.C23H26O5.C23H26O3.C15H14O/c1-21(2)15-11-13(19(26)22(3,4)24)7-9-17(15)28-18-10-8-14(12-16(18)21)20(27)23(5,6)25;1-21(2)15-11-13(19(24)22(3,4)26)7-9-17(15)28-18-10-8-14(12-16(18)21)20(25)23(5,6)27;1-13(2)21(24)15-7-9-19-17(11-15)23(5,6)18-12-16(22(25)14(3)4)8-10-20(18)26-19;1-15(2)11-7-3-5-9-13(11)16-14-10-6-4-8-12(14)15/h7-12H,1-6H3;7-12,26-27H,1-6H3;7-14H,1-6H3;3-10H,1-2H3. The van der Waals surface area contributed by atoms with Gasteiger partial charge in [-0.2, -0.15) is 0 Å². The molecule has 12 nitrogen and oxygen atoms in total. The van der Waals surface area contributed by atoms with Crippen molar-refractivity contribution in [2.45, 2.75) is 180 Å². The molecule has 0 fully saturated rings. The van der Waals surface area contributed by atoms with Crippen LogP contribution < -0.4 is 18.9 Å². The van der Waals surface area contributed by atoms with Crippen LogP contribution in [-0.4, -0.2) is 64.8 Å². The Balaban J connectivity index is 0.000000155. The first-order valence-electron chi connectivity index (χ1n) is 33.2. The van der Waals surface area contributed by atoms with Gasteiger partial charge >= 0.3 is 0 Å². The van der Waals surface area contributed by atoms with Crippen molar-refractivity contribution in [2.24, 2.45) is 11.8 Å². The summed E-state index contributed by atoms with van der Waals surface area (Å²) in [6.45, 7) is 37.7. The van der Waals surface area contributed by atoms with Crippen molar-refractivity contribution in [3.63, 3.8) is 0 Å². The Morgan fingerprint density at radius 1 is 0.306 bits per heavy atom. The normalized spacial score (nSPS) is 15.2. The van der Waals surface area contributed by atoms with Crippen LogP contribution in [0.4, 0.5) is 0 Å². The minimum Gasteiger partial charge on any atom is -0.457 e. The summed E-state index contributed by atoms with van der Waals surface area (Å²) >= 11 is 6.90. The number of fused-ring (bicyclic) bond motifs is 8. The van der Waals surface area contributed by atoms with Crippen molar-refractivity contribution in [3.8, 4) is 46.0 Å². The highest BCUT2D eigenvalue weighted by atomic mass is 79.9. The Morgan fingerprint density at radius 2 is 0.500 bits per heavy atom. The number of ether oxygens (including phenoxy) is 4. The highest BCUT2D eigenvalue weighted by Gasteiger charge is 2.41. The summed E-state index contributed by atoms with van der Waals surface area (Å²) in [6.07, 6.45) is 0. The van der Waals surface area contributed by atoms with Crippen LogP contribution in [-0.2, 0) is 21.7 Å². The lowest BCUT2D eigenvalue weighted by molar-refractivity contribution is 0.0487. The number of ketones is 6. The maximum absolute atomic E-state index is 12.7. The van der Waals surface area contributed by atoms with E-state index < -0.39 is 30.7 Å². The SMILES string of the molecule is CC(C)(Br)C(=O)c1ccc2c(c1)C(C)(C)c1cc(C(=O)C(C)(C)Br)ccc1O2.CC(C)(O)C(=O)c1ccc2c(c1)C(C)(C)c1cc(C(=O)C(C)(C)O)ccc1O2.CC(C)C(=O)c1ccc2c(c1)C(C)(C)c1cc(C(=O)C(C)C)ccc1O2.CC1(C)c2ccccc2Oc2ccccc21. The first kappa shape index (κ1) is 74.1. The van der Waals surface area contributed by atoms with Crippen LogP contribution in [0.5, 0.6) is 46.0 Å².